The molecule has 0 bridgehead atoms. The Balaban J connectivity index is 1.75. The molecular weight excluding hydrogens is 354 g/mol. The second-order valence-electron chi connectivity index (χ2n) is 7.19. The first-order chi connectivity index (χ1) is 13.6. The Morgan fingerprint density at radius 1 is 1.07 bits per heavy atom. The Bertz CT molecular complexity index is 928. The van der Waals surface area contributed by atoms with Gasteiger partial charge in [0.2, 0.25) is 11.6 Å². The third kappa shape index (κ3) is 2.68. The van der Waals surface area contributed by atoms with Gasteiger partial charge in [0.05, 0.1) is 11.3 Å². The van der Waals surface area contributed by atoms with Crippen molar-refractivity contribution in [2.45, 2.75) is 38.4 Å². The van der Waals surface area contributed by atoms with Crippen LogP contribution in [0.1, 0.15) is 42.1 Å². The lowest BCUT2D eigenvalue weighted by atomic mass is 9.95. The normalized spacial score (nSPS) is 20.8. The number of hydrogen-bond acceptors (Lipinski definition) is 3. The molecular formula is C22H23N3O3. The van der Waals surface area contributed by atoms with Crippen molar-refractivity contribution in [1.82, 2.24) is 10.2 Å². The summed E-state index contributed by atoms with van der Waals surface area (Å²) in [5, 5.41) is 2.96. The van der Waals surface area contributed by atoms with Gasteiger partial charge in [-0.2, -0.15) is 0 Å². The van der Waals surface area contributed by atoms with Gasteiger partial charge in [-0.25, -0.2) is 0 Å². The number of rotatable bonds is 5. The van der Waals surface area contributed by atoms with Crippen LogP contribution in [-0.2, 0) is 16.1 Å². The van der Waals surface area contributed by atoms with Gasteiger partial charge >= 0.3 is 0 Å². The van der Waals surface area contributed by atoms with E-state index in [2.05, 4.69) is 5.32 Å². The van der Waals surface area contributed by atoms with Crippen molar-refractivity contribution in [3.63, 3.8) is 0 Å². The summed E-state index contributed by atoms with van der Waals surface area (Å²) >= 11 is 0. The first-order valence-electron chi connectivity index (χ1n) is 9.66. The van der Waals surface area contributed by atoms with Crippen LogP contribution in [0.25, 0.3) is 0 Å². The molecule has 0 aromatic heterocycles. The van der Waals surface area contributed by atoms with Crippen molar-refractivity contribution >= 4 is 23.4 Å². The van der Waals surface area contributed by atoms with Gasteiger partial charge in [0.15, 0.2) is 0 Å². The molecule has 2 heterocycles. The Morgan fingerprint density at radius 2 is 1.79 bits per heavy atom. The number of anilines is 1. The van der Waals surface area contributed by atoms with Gasteiger partial charge in [0.25, 0.3) is 11.8 Å². The smallest absolute Gasteiger partial charge is 0.267 e. The molecule has 6 heteroatoms. The van der Waals surface area contributed by atoms with Gasteiger partial charge in [0, 0.05) is 25.9 Å². The summed E-state index contributed by atoms with van der Waals surface area (Å²) < 4.78 is 0. The summed E-state index contributed by atoms with van der Waals surface area (Å²) in [7, 11) is 0. The Labute approximate surface area is 164 Å². The fourth-order valence-electron chi connectivity index (χ4n) is 4.23. The van der Waals surface area contributed by atoms with E-state index in [1.807, 2.05) is 37.3 Å². The summed E-state index contributed by atoms with van der Waals surface area (Å²) in [4.78, 5) is 42.7. The third-order valence-electron chi connectivity index (χ3n) is 5.48. The molecule has 2 aliphatic heterocycles. The summed E-state index contributed by atoms with van der Waals surface area (Å²) in [5.41, 5.74) is 0.662. The molecule has 2 aromatic rings. The van der Waals surface area contributed by atoms with Gasteiger partial charge in [-0.1, -0.05) is 49.4 Å². The van der Waals surface area contributed by atoms with Crippen molar-refractivity contribution in [3.8, 4) is 0 Å². The second kappa shape index (κ2) is 7.11. The number of amides is 3. The number of fused-ring (bicyclic) bond motifs is 3. The van der Waals surface area contributed by atoms with Crippen LogP contribution in [0.5, 0.6) is 0 Å². The van der Waals surface area contributed by atoms with Crippen LogP contribution in [0.3, 0.4) is 0 Å². The topological polar surface area (TPSA) is 69.7 Å². The van der Waals surface area contributed by atoms with E-state index in [0.717, 1.165) is 5.56 Å². The SMILES string of the molecule is CCCN1C(=O)c2ccccc2N2C(=O)CC[C@]12C(=O)NCc1ccccc1. The van der Waals surface area contributed by atoms with Crippen molar-refractivity contribution < 1.29 is 14.4 Å². The first-order valence-corrected chi connectivity index (χ1v) is 9.66. The van der Waals surface area contributed by atoms with Gasteiger partial charge in [-0.3, -0.25) is 19.3 Å². The fourth-order valence-corrected chi connectivity index (χ4v) is 4.23. The summed E-state index contributed by atoms with van der Waals surface area (Å²) in [6.45, 7) is 2.72. The highest BCUT2D eigenvalue weighted by Crippen LogP contribution is 2.44. The number of hydrogen-bond donors (Lipinski definition) is 1. The maximum atomic E-state index is 13.5. The fraction of sp³-hybridized carbons (Fsp3) is 0.318. The van der Waals surface area contributed by atoms with Crippen LogP contribution in [0.4, 0.5) is 5.69 Å². The third-order valence-corrected chi connectivity index (χ3v) is 5.48. The Morgan fingerprint density at radius 3 is 2.54 bits per heavy atom. The van der Waals surface area contributed by atoms with Crippen LogP contribution in [-0.4, -0.2) is 34.8 Å². The number of nitrogens with zero attached hydrogens (tertiary/aromatic N) is 2. The van der Waals surface area contributed by atoms with E-state index >= 15 is 0 Å². The van der Waals surface area contributed by atoms with Crippen LogP contribution >= 0.6 is 0 Å². The predicted octanol–water partition coefficient (Wildman–Crippen LogP) is 2.69. The summed E-state index contributed by atoms with van der Waals surface area (Å²) in [6.07, 6.45) is 1.23. The van der Waals surface area contributed by atoms with Crippen molar-refractivity contribution in [3.05, 3.63) is 65.7 Å². The largest absolute Gasteiger partial charge is 0.348 e. The molecule has 28 heavy (non-hydrogen) atoms. The number of carbonyl (C=O) groups is 3. The van der Waals surface area contributed by atoms with Crippen LogP contribution in [0.15, 0.2) is 54.6 Å². The molecule has 0 radical (unpaired) electrons. The van der Waals surface area contributed by atoms with Crippen LogP contribution < -0.4 is 10.2 Å². The lowest BCUT2D eigenvalue weighted by Crippen LogP contribution is -2.70. The number of nitrogens with one attached hydrogen (secondary N) is 1. The molecule has 0 aliphatic carbocycles. The zero-order valence-electron chi connectivity index (χ0n) is 15.9. The monoisotopic (exact) mass is 377 g/mol. The van der Waals surface area contributed by atoms with E-state index in [4.69, 9.17) is 0 Å². The lowest BCUT2D eigenvalue weighted by molar-refractivity contribution is -0.133. The average Bonchev–Trinajstić information content (AvgIpc) is 3.08. The van der Waals surface area contributed by atoms with Gasteiger partial charge in [0.1, 0.15) is 0 Å². The molecule has 144 valence electrons. The van der Waals surface area contributed by atoms with E-state index in [0.29, 0.717) is 37.2 Å². The maximum Gasteiger partial charge on any atom is 0.267 e. The number of carbonyl (C=O) groups excluding carboxylic acids is 3. The Kier molecular flexibility index (Phi) is 4.63. The van der Waals surface area contributed by atoms with Crippen molar-refractivity contribution in [2.24, 2.45) is 0 Å². The standard InChI is InChI=1S/C22H23N3O3/c1-2-14-24-20(27)17-10-6-7-11-18(17)25-19(26)12-13-22(24,25)21(28)23-15-16-8-4-3-5-9-16/h3-11H,2,12-15H2,1H3,(H,23,28)/t22-/m0/s1. The van der Waals surface area contributed by atoms with E-state index < -0.39 is 5.66 Å². The minimum Gasteiger partial charge on any atom is -0.348 e. The van der Waals surface area contributed by atoms with Gasteiger partial charge in [-0.15, -0.1) is 0 Å². The summed E-state index contributed by atoms with van der Waals surface area (Å²) in [5.74, 6) is -0.632. The number of para-hydroxylation sites is 1. The summed E-state index contributed by atoms with van der Waals surface area (Å²) in [6, 6.07) is 16.6. The molecule has 1 saturated heterocycles. The van der Waals surface area contributed by atoms with Gasteiger partial charge < -0.3 is 10.2 Å². The highest BCUT2D eigenvalue weighted by atomic mass is 16.2. The van der Waals surface area contributed by atoms with Crippen molar-refractivity contribution in [2.75, 3.05) is 11.4 Å². The molecule has 3 amide bonds. The minimum absolute atomic E-state index is 0.129. The van der Waals surface area contributed by atoms with Crippen molar-refractivity contribution in [1.29, 1.82) is 0 Å². The first kappa shape index (κ1) is 18.2. The number of benzene rings is 2. The van der Waals surface area contributed by atoms with E-state index in [1.165, 1.54) is 0 Å². The zero-order chi connectivity index (χ0) is 19.7. The second-order valence-corrected chi connectivity index (χ2v) is 7.19. The highest BCUT2D eigenvalue weighted by Gasteiger charge is 2.60. The molecule has 2 aliphatic rings. The van der Waals surface area contributed by atoms with Crippen LogP contribution in [0.2, 0.25) is 0 Å². The zero-order valence-corrected chi connectivity index (χ0v) is 15.9. The minimum atomic E-state index is -1.30. The molecule has 4 rings (SSSR count). The van der Waals surface area contributed by atoms with E-state index in [1.54, 1.807) is 34.1 Å². The molecule has 6 nitrogen and oxygen atoms in total. The molecule has 1 N–H and O–H groups in total. The molecule has 1 atom stereocenters. The molecule has 0 saturated carbocycles. The lowest BCUT2D eigenvalue weighted by Gasteiger charge is -2.49. The predicted molar refractivity (Wildman–Crippen MR) is 106 cm³/mol. The molecule has 0 unspecified atom stereocenters. The molecule has 1 fully saturated rings. The highest BCUT2D eigenvalue weighted by molar-refractivity contribution is 6.16. The molecule has 0 spiro atoms. The maximum absolute atomic E-state index is 13.5. The van der Waals surface area contributed by atoms with Gasteiger partial charge in [-0.05, 0) is 24.1 Å². The average molecular weight is 377 g/mol. The molecule has 2 aromatic carbocycles. The van der Waals surface area contributed by atoms with E-state index in [9.17, 15) is 14.4 Å². The Hall–Kier alpha value is -3.15. The van der Waals surface area contributed by atoms with Crippen LogP contribution in [0, 0.1) is 0 Å². The van der Waals surface area contributed by atoms with E-state index in [-0.39, 0.29) is 24.1 Å². The quantitative estimate of drug-likeness (QED) is 0.871.